The summed E-state index contributed by atoms with van der Waals surface area (Å²) in [4.78, 5) is 4.05. The van der Waals surface area contributed by atoms with Gasteiger partial charge >= 0.3 is 0 Å². The highest BCUT2D eigenvalue weighted by Gasteiger charge is 2.19. The lowest BCUT2D eigenvalue weighted by atomic mass is 9.98. The molecule has 21 heavy (non-hydrogen) atoms. The maximum Gasteiger partial charge on any atom is 0.141 e. The average Bonchev–Trinajstić information content (AvgIpc) is 2.53. The third-order valence-electron chi connectivity index (χ3n) is 3.43. The van der Waals surface area contributed by atoms with E-state index in [0.717, 1.165) is 28.0 Å². The van der Waals surface area contributed by atoms with Gasteiger partial charge in [0.15, 0.2) is 0 Å². The predicted octanol–water partition coefficient (Wildman–Crippen LogP) is 3.36. The number of pyridine rings is 1. The molecular formula is C16H19BrN2O2. The van der Waals surface area contributed by atoms with Crippen LogP contribution in [0.4, 0.5) is 0 Å². The van der Waals surface area contributed by atoms with Gasteiger partial charge in [0.05, 0.1) is 14.2 Å². The summed E-state index contributed by atoms with van der Waals surface area (Å²) >= 11 is 3.55. The number of nitrogens with zero attached hydrogens (tertiary/aromatic N) is 1. The highest BCUT2D eigenvalue weighted by Crippen LogP contribution is 2.40. The first kappa shape index (κ1) is 15.8. The van der Waals surface area contributed by atoms with Crippen molar-refractivity contribution in [1.29, 1.82) is 0 Å². The second-order valence-corrected chi connectivity index (χ2v) is 5.40. The monoisotopic (exact) mass is 350 g/mol. The van der Waals surface area contributed by atoms with Crippen molar-refractivity contribution in [1.82, 2.24) is 10.3 Å². The molecule has 0 radical (unpaired) electrons. The van der Waals surface area contributed by atoms with E-state index in [9.17, 15) is 0 Å². The number of halogens is 1. The molecular weight excluding hydrogens is 332 g/mol. The molecule has 1 heterocycles. The number of nitrogens with one attached hydrogen (secondary N) is 1. The van der Waals surface area contributed by atoms with Crippen molar-refractivity contribution in [3.05, 3.63) is 52.3 Å². The van der Waals surface area contributed by atoms with E-state index < -0.39 is 0 Å². The molecule has 0 bridgehead atoms. The quantitative estimate of drug-likeness (QED) is 0.867. The Balaban J connectivity index is 2.36. The highest BCUT2D eigenvalue weighted by atomic mass is 79.9. The first-order chi connectivity index (χ1) is 10.2. The van der Waals surface area contributed by atoms with E-state index in [2.05, 4.69) is 26.2 Å². The summed E-state index contributed by atoms with van der Waals surface area (Å²) in [6.45, 7) is 0. The van der Waals surface area contributed by atoms with Crippen molar-refractivity contribution in [3.8, 4) is 11.5 Å². The Morgan fingerprint density at radius 1 is 1.14 bits per heavy atom. The molecule has 1 unspecified atom stereocenters. The number of hydrogen-bond donors (Lipinski definition) is 1. The van der Waals surface area contributed by atoms with E-state index in [0.29, 0.717) is 0 Å². The third kappa shape index (κ3) is 3.54. The maximum atomic E-state index is 5.56. The zero-order valence-corrected chi connectivity index (χ0v) is 14.0. The summed E-state index contributed by atoms with van der Waals surface area (Å²) in [5.74, 6) is 1.55. The summed E-state index contributed by atoms with van der Waals surface area (Å²) < 4.78 is 11.7. The van der Waals surface area contributed by atoms with Gasteiger partial charge in [-0.15, -0.1) is 0 Å². The summed E-state index contributed by atoms with van der Waals surface area (Å²) in [5, 5.41) is 3.34. The second kappa shape index (κ2) is 7.43. The number of benzene rings is 1. The standard InChI is InChI=1S/C16H19BrN2O2/c1-18-13(10-11-6-8-19-9-7-11)12-4-5-14(20-2)15(17)16(12)21-3/h4-9,13,18H,10H2,1-3H3. The van der Waals surface area contributed by atoms with Crippen molar-refractivity contribution in [2.45, 2.75) is 12.5 Å². The minimum absolute atomic E-state index is 0.143. The van der Waals surface area contributed by atoms with E-state index in [-0.39, 0.29) is 6.04 Å². The zero-order chi connectivity index (χ0) is 15.2. The molecule has 0 fully saturated rings. The van der Waals surface area contributed by atoms with E-state index in [1.54, 1.807) is 14.2 Å². The van der Waals surface area contributed by atoms with Crippen LogP contribution in [0, 0.1) is 0 Å². The molecule has 0 saturated heterocycles. The largest absolute Gasteiger partial charge is 0.495 e. The van der Waals surface area contributed by atoms with Crippen LogP contribution in [0.25, 0.3) is 0 Å². The van der Waals surface area contributed by atoms with Crippen LogP contribution < -0.4 is 14.8 Å². The minimum atomic E-state index is 0.143. The number of methoxy groups -OCH3 is 2. The minimum Gasteiger partial charge on any atom is -0.495 e. The molecule has 0 spiro atoms. The van der Waals surface area contributed by atoms with Crippen LogP contribution in [0.5, 0.6) is 11.5 Å². The second-order valence-electron chi connectivity index (χ2n) is 4.61. The lowest BCUT2D eigenvalue weighted by Crippen LogP contribution is -2.19. The van der Waals surface area contributed by atoms with Crippen molar-refractivity contribution < 1.29 is 9.47 Å². The van der Waals surface area contributed by atoms with Crippen molar-refractivity contribution >= 4 is 15.9 Å². The fourth-order valence-corrected chi connectivity index (χ4v) is 3.00. The molecule has 5 heteroatoms. The van der Waals surface area contributed by atoms with Gasteiger partial charge in [0.2, 0.25) is 0 Å². The molecule has 0 aliphatic carbocycles. The number of rotatable bonds is 6. The van der Waals surface area contributed by atoms with Crippen molar-refractivity contribution in [3.63, 3.8) is 0 Å². The van der Waals surface area contributed by atoms with Crippen LogP contribution in [0.1, 0.15) is 17.2 Å². The molecule has 1 atom stereocenters. The molecule has 1 N–H and O–H groups in total. The lowest BCUT2D eigenvalue weighted by Gasteiger charge is -2.21. The molecule has 2 rings (SSSR count). The van der Waals surface area contributed by atoms with Gasteiger partial charge in [-0.05, 0) is 59.2 Å². The smallest absolute Gasteiger partial charge is 0.141 e. The molecule has 4 nitrogen and oxygen atoms in total. The summed E-state index contributed by atoms with van der Waals surface area (Å²) in [5.41, 5.74) is 2.31. The van der Waals surface area contributed by atoms with E-state index in [4.69, 9.17) is 9.47 Å². The van der Waals surface area contributed by atoms with Gasteiger partial charge in [-0.25, -0.2) is 0 Å². The Morgan fingerprint density at radius 3 is 2.43 bits per heavy atom. The fourth-order valence-electron chi connectivity index (χ4n) is 2.31. The van der Waals surface area contributed by atoms with Gasteiger partial charge in [-0.2, -0.15) is 0 Å². The van der Waals surface area contributed by atoms with E-state index in [1.165, 1.54) is 5.56 Å². The van der Waals surface area contributed by atoms with E-state index in [1.807, 2.05) is 43.7 Å². The van der Waals surface area contributed by atoms with Crippen LogP contribution in [-0.2, 0) is 6.42 Å². The van der Waals surface area contributed by atoms with Gasteiger partial charge in [0, 0.05) is 24.0 Å². The highest BCUT2D eigenvalue weighted by molar-refractivity contribution is 9.10. The summed E-state index contributed by atoms with van der Waals surface area (Å²) in [6, 6.07) is 8.17. The molecule has 2 aromatic rings. The van der Waals surface area contributed by atoms with Crippen molar-refractivity contribution in [2.75, 3.05) is 21.3 Å². The number of likely N-dealkylation sites (N-methyl/N-ethyl adjacent to an activating group) is 1. The summed E-state index contributed by atoms with van der Waals surface area (Å²) in [7, 11) is 5.26. The third-order valence-corrected chi connectivity index (χ3v) is 4.18. The number of aromatic nitrogens is 1. The number of ether oxygens (including phenoxy) is 2. The Hall–Kier alpha value is -1.59. The topological polar surface area (TPSA) is 43.4 Å². The van der Waals surface area contributed by atoms with Crippen molar-refractivity contribution in [2.24, 2.45) is 0 Å². The lowest BCUT2D eigenvalue weighted by molar-refractivity contribution is 0.381. The Labute approximate surface area is 133 Å². The first-order valence-corrected chi connectivity index (χ1v) is 7.47. The van der Waals surface area contributed by atoms with Gasteiger partial charge in [-0.1, -0.05) is 0 Å². The van der Waals surface area contributed by atoms with Gasteiger partial charge in [0.1, 0.15) is 16.0 Å². The maximum absolute atomic E-state index is 5.56. The van der Waals surface area contributed by atoms with Gasteiger partial charge < -0.3 is 14.8 Å². The van der Waals surface area contributed by atoms with Crippen LogP contribution in [-0.4, -0.2) is 26.3 Å². The first-order valence-electron chi connectivity index (χ1n) is 6.67. The van der Waals surface area contributed by atoms with Crippen LogP contribution in [0.15, 0.2) is 41.1 Å². The molecule has 1 aromatic heterocycles. The molecule has 0 saturated carbocycles. The Kier molecular flexibility index (Phi) is 5.59. The molecule has 0 aliphatic heterocycles. The SMILES string of the molecule is CNC(Cc1ccncc1)c1ccc(OC)c(Br)c1OC. The van der Waals surface area contributed by atoms with Crippen LogP contribution >= 0.6 is 15.9 Å². The van der Waals surface area contributed by atoms with Crippen LogP contribution in [0.2, 0.25) is 0 Å². The fraction of sp³-hybridized carbons (Fsp3) is 0.312. The normalized spacial score (nSPS) is 12.0. The molecule has 1 aromatic carbocycles. The summed E-state index contributed by atoms with van der Waals surface area (Å²) in [6.07, 6.45) is 4.47. The van der Waals surface area contributed by atoms with Crippen LogP contribution in [0.3, 0.4) is 0 Å². The average molecular weight is 351 g/mol. The van der Waals surface area contributed by atoms with Gasteiger partial charge in [0.25, 0.3) is 0 Å². The Morgan fingerprint density at radius 2 is 1.86 bits per heavy atom. The van der Waals surface area contributed by atoms with E-state index >= 15 is 0 Å². The zero-order valence-electron chi connectivity index (χ0n) is 12.4. The molecule has 0 amide bonds. The molecule has 112 valence electrons. The predicted molar refractivity (Wildman–Crippen MR) is 87.0 cm³/mol. The molecule has 0 aliphatic rings. The number of hydrogen-bond acceptors (Lipinski definition) is 4. The van der Waals surface area contributed by atoms with Gasteiger partial charge in [-0.3, -0.25) is 4.98 Å². The Bertz CT molecular complexity index is 590.